The highest BCUT2D eigenvalue weighted by atomic mass is 16.6. The molecule has 0 aromatic carbocycles. The van der Waals surface area contributed by atoms with Gasteiger partial charge in [-0.1, -0.05) is 140 Å². The van der Waals surface area contributed by atoms with Crippen LogP contribution >= 0.6 is 0 Å². The monoisotopic (exact) mass is 602 g/mol. The maximum absolute atomic E-state index is 12.3. The fraction of sp³-hybridized carbons (Fsp3) is 0.763. The molecule has 5 nitrogen and oxygen atoms in total. The van der Waals surface area contributed by atoms with Crippen LogP contribution < -0.4 is 5.32 Å². The third kappa shape index (κ3) is 24.3. The van der Waals surface area contributed by atoms with Crippen molar-refractivity contribution < 1.29 is 19.7 Å². The zero-order valence-electron chi connectivity index (χ0n) is 27.9. The number of nitrogens with one attached hydrogen (secondary N) is 1. The molecule has 0 spiro atoms. The van der Waals surface area contributed by atoms with Crippen LogP contribution in [0.5, 0.6) is 0 Å². The highest BCUT2D eigenvalue weighted by Gasteiger charge is 2.35. The van der Waals surface area contributed by atoms with E-state index in [2.05, 4.69) is 55.6 Å². The third-order valence-electron chi connectivity index (χ3n) is 8.21. The fourth-order valence-corrected chi connectivity index (χ4v) is 5.27. The molecule has 1 fully saturated rings. The maximum atomic E-state index is 12.3. The zero-order chi connectivity index (χ0) is 31.2. The summed E-state index contributed by atoms with van der Waals surface area (Å²) in [6.07, 6.45) is 42.2. The fourth-order valence-electron chi connectivity index (χ4n) is 5.27. The lowest BCUT2D eigenvalue weighted by Crippen LogP contribution is -2.45. The summed E-state index contributed by atoms with van der Waals surface area (Å²) in [5.74, 6) is -0.125. The minimum Gasteiger partial charge on any atom is -0.394 e. The molecule has 0 aliphatic carbocycles. The smallest absolute Gasteiger partial charge is 0.220 e. The number of aliphatic hydroxyl groups is 2. The Morgan fingerprint density at radius 1 is 0.674 bits per heavy atom. The van der Waals surface area contributed by atoms with Gasteiger partial charge in [0.2, 0.25) is 5.91 Å². The second kappa shape index (κ2) is 29.0. The number of unbranched alkanes of at least 4 members (excludes halogenated alkanes) is 15. The van der Waals surface area contributed by atoms with Crippen molar-refractivity contribution in [3.05, 3.63) is 48.6 Å². The summed E-state index contributed by atoms with van der Waals surface area (Å²) >= 11 is 0. The van der Waals surface area contributed by atoms with E-state index in [1.54, 1.807) is 6.08 Å². The predicted molar refractivity (Wildman–Crippen MR) is 183 cm³/mol. The summed E-state index contributed by atoms with van der Waals surface area (Å²) in [6.45, 7) is 4.22. The quantitative estimate of drug-likeness (QED) is 0.0435. The topological polar surface area (TPSA) is 82.1 Å². The number of hydrogen-bond acceptors (Lipinski definition) is 4. The summed E-state index contributed by atoms with van der Waals surface area (Å²) < 4.78 is 5.74. The summed E-state index contributed by atoms with van der Waals surface area (Å²) in [5, 5.41) is 22.8. The normalized spacial score (nSPS) is 18.4. The lowest BCUT2D eigenvalue weighted by Gasteiger charge is -2.19. The molecule has 1 rings (SSSR count). The molecule has 1 saturated heterocycles. The second-order valence-corrected chi connectivity index (χ2v) is 12.3. The Kier molecular flexibility index (Phi) is 26.6. The van der Waals surface area contributed by atoms with E-state index in [0.717, 1.165) is 44.9 Å². The second-order valence-electron chi connectivity index (χ2n) is 12.3. The number of epoxide rings is 1. The van der Waals surface area contributed by atoms with Gasteiger partial charge in [-0.3, -0.25) is 4.79 Å². The van der Waals surface area contributed by atoms with Crippen LogP contribution in [0.1, 0.15) is 155 Å². The van der Waals surface area contributed by atoms with E-state index < -0.39 is 12.1 Å². The van der Waals surface area contributed by atoms with Gasteiger partial charge in [-0.05, 0) is 57.8 Å². The van der Waals surface area contributed by atoms with Crippen molar-refractivity contribution in [1.82, 2.24) is 5.32 Å². The van der Waals surface area contributed by atoms with Crippen molar-refractivity contribution in [3.63, 3.8) is 0 Å². The predicted octanol–water partition coefficient (Wildman–Crippen LogP) is 9.44. The summed E-state index contributed by atoms with van der Waals surface area (Å²) in [5.41, 5.74) is 0. The van der Waals surface area contributed by atoms with Crippen molar-refractivity contribution in [1.29, 1.82) is 0 Å². The van der Waals surface area contributed by atoms with E-state index in [9.17, 15) is 15.0 Å². The standard InChI is InChI=1S/C38H67NO4/c1-3-5-7-9-11-12-13-14-15-16-18-21-25-29-35(41)34(33-40)39-38(42)32-28-24-20-17-19-23-27-31-37-36(43-37)30-26-22-10-8-6-4-2/h17,20,22-23,25-27,29,34-37,40-41H,3-16,18-19,21,24,28,30-33H2,1-2H3,(H,39,42)/b20-17-,26-22-,27-23-,29-25+/t34-,35+,36?,37?/m0/s1. The Bertz CT molecular complexity index is 759. The first-order valence-corrected chi connectivity index (χ1v) is 18.0. The molecule has 43 heavy (non-hydrogen) atoms. The van der Waals surface area contributed by atoms with Crippen LogP contribution in [0.25, 0.3) is 0 Å². The van der Waals surface area contributed by atoms with Crippen LogP contribution in [-0.2, 0) is 9.53 Å². The molecule has 0 saturated carbocycles. The van der Waals surface area contributed by atoms with Crippen molar-refractivity contribution in [2.75, 3.05) is 6.61 Å². The third-order valence-corrected chi connectivity index (χ3v) is 8.21. The van der Waals surface area contributed by atoms with Crippen LogP contribution in [0.4, 0.5) is 0 Å². The molecule has 0 aromatic heterocycles. The van der Waals surface area contributed by atoms with E-state index in [4.69, 9.17) is 4.74 Å². The van der Waals surface area contributed by atoms with Gasteiger partial charge in [-0.15, -0.1) is 0 Å². The largest absolute Gasteiger partial charge is 0.394 e. The highest BCUT2D eigenvalue weighted by molar-refractivity contribution is 5.76. The molecular weight excluding hydrogens is 534 g/mol. The maximum Gasteiger partial charge on any atom is 0.220 e. The Hall–Kier alpha value is -1.69. The number of hydrogen-bond donors (Lipinski definition) is 3. The summed E-state index contributed by atoms with van der Waals surface area (Å²) in [7, 11) is 0. The van der Waals surface area contributed by atoms with Crippen LogP contribution in [0.15, 0.2) is 48.6 Å². The highest BCUT2D eigenvalue weighted by Crippen LogP contribution is 2.29. The van der Waals surface area contributed by atoms with E-state index >= 15 is 0 Å². The van der Waals surface area contributed by atoms with E-state index in [1.807, 2.05) is 6.08 Å². The van der Waals surface area contributed by atoms with E-state index in [1.165, 1.54) is 89.9 Å². The first-order valence-electron chi connectivity index (χ1n) is 18.0. The number of carbonyl (C=O) groups excluding carboxylic acids is 1. The molecular formula is C38H67NO4. The van der Waals surface area contributed by atoms with E-state index in [-0.39, 0.29) is 12.5 Å². The first-order chi connectivity index (χ1) is 21.1. The van der Waals surface area contributed by atoms with E-state index in [0.29, 0.717) is 18.6 Å². The molecule has 0 radical (unpaired) electrons. The molecule has 1 aliphatic heterocycles. The van der Waals surface area contributed by atoms with Gasteiger partial charge in [-0.25, -0.2) is 0 Å². The van der Waals surface area contributed by atoms with Crippen molar-refractivity contribution in [2.24, 2.45) is 0 Å². The number of amides is 1. The molecule has 1 aliphatic rings. The molecule has 0 aromatic rings. The number of aliphatic hydroxyl groups excluding tert-OH is 2. The van der Waals surface area contributed by atoms with Crippen molar-refractivity contribution in [3.8, 4) is 0 Å². The van der Waals surface area contributed by atoms with Gasteiger partial charge in [-0.2, -0.15) is 0 Å². The van der Waals surface area contributed by atoms with Gasteiger partial charge >= 0.3 is 0 Å². The van der Waals surface area contributed by atoms with Crippen LogP contribution in [0.2, 0.25) is 0 Å². The molecule has 3 N–H and O–H groups in total. The number of allylic oxidation sites excluding steroid dienone is 5. The van der Waals surface area contributed by atoms with Crippen molar-refractivity contribution in [2.45, 2.75) is 179 Å². The van der Waals surface area contributed by atoms with Crippen LogP contribution in [0.3, 0.4) is 0 Å². The average molecular weight is 602 g/mol. The molecule has 5 heteroatoms. The lowest BCUT2D eigenvalue weighted by molar-refractivity contribution is -0.122. The number of carbonyl (C=O) groups is 1. The van der Waals surface area contributed by atoms with Gasteiger partial charge in [0.25, 0.3) is 0 Å². The lowest BCUT2D eigenvalue weighted by atomic mass is 10.0. The molecule has 2 unspecified atom stereocenters. The SMILES string of the molecule is CCCCC/C=C\CC1OC1C/C=C\C/C=C\CCCC(=O)N[C@@H](CO)[C@H](O)/C=C/CCCCCCCCCCCCC. The van der Waals surface area contributed by atoms with Crippen LogP contribution in [-0.4, -0.2) is 47.1 Å². The van der Waals surface area contributed by atoms with Gasteiger partial charge in [0, 0.05) is 6.42 Å². The van der Waals surface area contributed by atoms with Crippen molar-refractivity contribution >= 4 is 5.91 Å². The molecule has 248 valence electrons. The Morgan fingerprint density at radius 2 is 1.16 bits per heavy atom. The Morgan fingerprint density at radius 3 is 1.81 bits per heavy atom. The Balaban J connectivity index is 2.00. The summed E-state index contributed by atoms with van der Waals surface area (Å²) in [6, 6.07) is -0.654. The molecule has 4 atom stereocenters. The van der Waals surface area contributed by atoms with Crippen LogP contribution in [0, 0.1) is 0 Å². The van der Waals surface area contributed by atoms with Gasteiger partial charge in [0.1, 0.15) is 0 Å². The number of rotatable bonds is 30. The molecule has 1 amide bonds. The number of ether oxygens (including phenoxy) is 1. The first kappa shape index (κ1) is 39.3. The van der Waals surface area contributed by atoms with Gasteiger partial charge < -0.3 is 20.3 Å². The Labute approximate surface area is 265 Å². The zero-order valence-corrected chi connectivity index (χ0v) is 27.9. The molecule has 1 heterocycles. The average Bonchev–Trinajstić information content (AvgIpc) is 3.76. The minimum atomic E-state index is -0.864. The molecule has 0 bridgehead atoms. The summed E-state index contributed by atoms with van der Waals surface area (Å²) in [4.78, 5) is 12.3. The van der Waals surface area contributed by atoms with Gasteiger partial charge in [0.15, 0.2) is 0 Å². The minimum absolute atomic E-state index is 0.125. The van der Waals surface area contributed by atoms with Gasteiger partial charge in [0.05, 0.1) is 31.0 Å².